The molecular weight excluding hydrogens is 406 g/mol. The number of fused-ring (bicyclic) bond motifs is 1. The van der Waals surface area contributed by atoms with Crippen LogP contribution in [-0.2, 0) is 0 Å². The summed E-state index contributed by atoms with van der Waals surface area (Å²) in [5.41, 5.74) is -0.0261. The Labute approximate surface area is 186 Å². The fourth-order valence-electron chi connectivity index (χ4n) is 4.41. The van der Waals surface area contributed by atoms with Crippen LogP contribution in [0.1, 0.15) is 30.1 Å². The Morgan fingerprint density at radius 1 is 0.906 bits per heavy atom. The summed E-state index contributed by atoms with van der Waals surface area (Å²) in [4.78, 5) is 31.4. The van der Waals surface area contributed by atoms with E-state index in [1.54, 1.807) is 23.1 Å². The topological polar surface area (TPSA) is 82.8 Å². The van der Waals surface area contributed by atoms with Crippen LogP contribution in [0.4, 0.5) is 11.6 Å². The van der Waals surface area contributed by atoms with Crippen molar-refractivity contribution < 1.29 is 9.21 Å². The minimum Gasteiger partial charge on any atom is -0.422 e. The van der Waals surface area contributed by atoms with E-state index in [-0.39, 0.29) is 11.5 Å². The predicted molar refractivity (Wildman–Crippen MR) is 123 cm³/mol. The smallest absolute Gasteiger partial charge is 0.349 e. The fourth-order valence-corrected chi connectivity index (χ4v) is 4.41. The van der Waals surface area contributed by atoms with Crippen molar-refractivity contribution in [2.75, 3.05) is 49.1 Å². The van der Waals surface area contributed by atoms with Gasteiger partial charge in [0.1, 0.15) is 11.1 Å². The van der Waals surface area contributed by atoms with Crippen LogP contribution in [0.5, 0.6) is 0 Å². The van der Waals surface area contributed by atoms with Crippen LogP contribution < -0.4 is 15.4 Å². The van der Waals surface area contributed by atoms with Crippen molar-refractivity contribution in [3.8, 4) is 0 Å². The van der Waals surface area contributed by atoms with E-state index in [0.29, 0.717) is 31.8 Å². The number of carbonyl (C=O) groups excluding carboxylic acids is 1. The quantitative estimate of drug-likeness (QED) is 0.588. The summed E-state index contributed by atoms with van der Waals surface area (Å²) in [5, 5.41) is 9.63. The molecule has 32 heavy (non-hydrogen) atoms. The van der Waals surface area contributed by atoms with Crippen molar-refractivity contribution in [3.05, 3.63) is 58.4 Å². The average molecular weight is 434 g/mol. The van der Waals surface area contributed by atoms with Crippen LogP contribution in [0.25, 0.3) is 11.0 Å². The van der Waals surface area contributed by atoms with Crippen molar-refractivity contribution >= 4 is 28.5 Å². The number of hydrogen-bond acceptors (Lipinski definition) is 7. The number of anilines is 2. The Balaban J connectivity index is 1.23. The van der Waals surface area contributed by atoms with Crippen molar-refractivity contribution in [1.82, 2.24) is 15.1 Å². The molecule has 0 bridgehead atoms. The van der Waals surface area contributed by atoms with Gasteiger partial charge in [0.25, 0.3) is 5.91 Å². The molecule has 3 aromatic rings. The number of piperazine rings is 1. The molecule has 166 valence electrons. The van der Waals surface area contributed by atoms with Crippen LogP contribution in [0, 0.1) is 5.92 Å². The number of para-hydroxylation sites is 1. The number of aromatic nitrogens is 2. The standard InChI is InChI=1S/C24H27N5O3/c1-17-8-10-27(11-9-17)21-6-7-22(26-25-21)28-12-14-29(15-13-28)23(30)19-16-18-4-2-3-5-20(18)32-24(19)31/h2-7,16-17H,8-15H2,1H3. The zero-order valence-corrected chi connectivity index (χ0v) is 18.2. The van der Waals surface area contributed by atoms with Crippen LogP contribution >= 0.6 is 0 Å². The molecule has 1 aromatic carbocycles. The van der Waals surface area contributed by atoms with Gasteiger partial charge in [-0.2, -0.15) is 0 Å². The van der Waals surface area contributed by atoms with E-state index in [2.05, 4.69) is 26.9 Å². The molecule has 2 aliphatic rings. The van der Waals surface area contributed by atoms with Gasteiger partial charge in [-0.15, -0.1) is 10.2 Å². The van der Waals surface area contributed by atoms with Gasteiger partial charge in [-0.25, -0.2) is 4.79 Å². The zero-order valence-electron chi connectivity index (χ0n) is 18.2. The SMILES string of the molecule is CC1CCN(c2ccc(N3CCN(C(=O)c4cc5ccccc5oc4=O)CC3)nn2)CC1. The summed E-state index contributed by atoms with van der Waals surface area (Å²) in [6.45, 7) is 6.65. The first-order chi connectivity index (χ1) is 15.6. The molecule has 2 aliphatic heterocycles. The number of amides is 1. The molecule has 0 spiro atoms. The first-order valence-corrected chi connectivity index (χ1v) is 11.2. The number of carbonyl (C=O) groups is 1. The van der Waals surface area contributed by atoms with Gasteiger partial charge in [-0.1, -0.05) is 25.1 Å². The molecule has 4 heterocycles. The van der Waals surface area contributed by atoms with E-state index in [9.17, 15) is 9.59 Å². The second-order valence-corrected chi connectivity index (χ2v) is 8.68. The molecule has 0 aliphatic carbocycles. The molecule has 8 nitrogen and oxygen atoms in total. The Morgan fingerprint density at radius 2 is 1.53 bits per heavy atom. The number of benzene rings is 1. The molecule has 0 atom stereocenters. The normalized spacial score (nSPS) is 17.7. The fraction of sp³-hybridized carbons (Fsp3) is 0.417. The molecule has 2 fully saturated rings. The largest absolute Gasteiger partial charge is 0.422 e. The van der Waals surface area contributed by atoms with Gasteiger partial charge >= 0.3 is 5.63 Å². The average Bonchev–Trinajstić information content (AvgIpc) is 2.84. The molecule has 8 heteroatoms. The molecule has 0 saturated carbocycles. The lowest BCUT2D eigenvalue weighted by Gasteiger charge is -2.35. The van der Waals surface area contributed by atoms with E-state index >= 15 is 0 Å². The maximum Gasteiger partial charge on any atom is 0.349 e. The molecule has 1 amide bonds. The molecule has 5 rings (SSSR count). The first-order valence-electron chi connectivity index (χ1n) is 11.2. The zero-order chi connectivity index (χ0) is 22.1. The van der Waals surface area contributed by atoms with Gasteiger partial charge < -0.3 is 19.1 Å². The van der Waals surface area contributed by atoms with Crippen LogP contribution in [0.3, 0.4) is 0 Å². The third kappa shape index (κ3) is 4.04. The highest BCUT2D eigenvalue weighted by atomic mass is 16.4. The van der Waals surface area contributed by atoms with Crippen molar-refractivity contribution in [3.63, 3.8) is 0 Å². The maximum atomic E-state index is 13.0. The van der Waals surface area contributed by atoms with E-state index in [4.69, 9.17) is 4.42 Å². The Hall–Kier alpha value is -3.42. The van der Waals surface area contributed by atoms with E-state index < -0.39 is 5.63 Å². The Bertz CT molecular complexity index is 1160. The van der Waals surface area contributed by atoms with Crippen molar-refractivity contribution in [1.29, 1.82) is 0 Å². The molecule has 2 aromatic heterocycles. The summed E-state index contributed by atoms with van der Waals surface area (Å²) in [6.07, 6.45) is 2.38. The first kappa shape index (κ1) is 20.5. The Morgan fingerprint density at radius 3 is 2.19 bits per heavy atom. The highest BCUT2D eigenvalue weighted by Gasteiger charge is 2.26. The summed E-state index contributed by atoms with van der Waals surface area (Å²) < 4.78 is 5.33. The van der Waals surface area contributed by atoms with Crippen LogP contribution in [0.15, 0.2) is 51.7 Å². The molecule has 2 saturated heterocycles. The highest BCUT2D eigenvalue weighted by molar-refractivity contribution is 5.96. The second kappa shape index (κ2) is 8.61. The van der Waals surface area contributed by atoms with Gasteiger partial charge in [0, 0.05) is 44.7 Å². The lowest BCUT2D eigenvalue weighted by atomic mass is 9.99. The summed E-state index contributed by atoms with van der Waals surface area (Å²) in [5.74, 6) is 2.23. The molecule has 0 radical (unpaired) electrons. The highest BCUT2D eigenvalue weighted by Crippen LogP contribution is 2.23. The summed E-state index contributed by atoms with van der Waals surface area (Å²) in [7, 11) is 0. The van der Waals surface area contributed by atoms with Gasteiger partial charge in [-0.3, -0.25) is 4.79 Å². The van der Waals surface area contributed by atoms with Gasteiger partial charge in [-0.05, 0) is 43.0 Å². The summed E-state index contributed by atoms with van der Waals surface area (Å²) >= 11 is 0. The van der Waals surface area contributed by atoms with E-state index in [1.807, 2.05) is 24.3 Å². The number of piperidine rings is 1. The number of nitrogens with zero attached hydrogens (tertiary/aromatic N) is 5. The third-order valence-electron chi connectivity index (χ3n) is 6.51. The van der Waals surface area contributed by atoms with Crippen LogP contribution in [0.2, 0.25) is 0 Å². The summed E-state index contributed by atoms with van der Waals surface area (Å²) in [6, 6.07) is 12.9. The monoisotopic (exact) mass is 433 g/mol. The molecule has 0 N–H and O–H groups in total. The van der Waals surface area contributed by atoms with Crippen LogP contribution in [-0.4, -0.2) is 60.3 Å². The minimum atomic E-state index is -0.593. The van der Waals surface area contributed by atoms with Gasteiger partial charge in [0.05, 0.1) is 0 Å². The van der Waals surface area contributed by atoms with E-state index in [0.717, 1.165) is 36.0 Å². The Kier molecular flexibility index (Phi) is 5.51. The molecular formula is C24H27N5O3. The lowest BCUT2D eigenvalue weighted by Crippen LogP contribution is -2.49. The third-order valence-corrected chi connectivity index (χ3v) is 6.51. The van der Waals surface area contributed by atoms with Crippen molar-refractivity contribution in [2.45, 2.75) is 19.8 Å². The lowest BCUT2D eigenvalue weighted by molar-refractivity contribution is 0.0742. The van der Waals surface area contributed by atoms with Gasteiger partial charge in [0.2, 0.25) is 0 Å². The second-order valence-electron chi connectivity index (χ2n) is 8.68. The number of hydrogen-bond donors (Lipinski definition) is 0. The van der Waals surface area contributed by atoms with Crippen molar-refractivity contribution in [2.24, 2.45) is 5.92 Å². The minimum absolute atomic E-state index is 0.0807. The van der Waals surface area contributed by atoms with Gasteiger partial charge in [0.15, 0.2) is 11.6 Å². The molecule has 0 unspecified atom stereocenters. The number of rotatable bonds is 3. The van der Waals surface area contributed by atoms with E-state index in [1.165, 1.54) is 12.8 Å². The predicted octanol–water partition coefficient (Wildman–Crippen LogP) is 2.78. The maximum absolute atomic E-state index is 13.0.